The Balaban J connectivity index is 1.46. The molecule has 9 heteroatoms. The Kier molecular flexibility index (Phi) is 4.45. The molecule has 1 aromatic carbocycles. The van der Waals surface area contributed by atoms with E-state index in [4.69, 9.17) is 5.26 Å². The first-order chi connectivity index (χ1) is 14.2. The highest BCUT2D eigenvalue weighted by Gasteiger charge is 2.45. The molecule has 2 aliphatic heterocycles. The molecule has 3 atom stereocenters. The van der Waals surface area contributed by atoms with Crippen LogP contribution in [0.4, 0.5) is 5.82 Å². The van der Waals surface area contributed by atoms with Gasteiger partial charge >= 0.3 is 0 Å². The van der Waals surface area contributed by atoms with Crippen LogP contribution in [-0.2, 0) is 10.7 Å². The van der Waals surface area contributed by atoms with E-state index in [1.807, 2.05) is 12.3 Å². The minimum atomic E-state index is -2.69. The van der Waals surface area contributed by atoms with Gasteiger partial charge in [0.05, 0.1) is 17.0 Å². The van der Waals surface area contributed by atoms with Crippen molar-refractivity contribution >= 4 is 27.6 Å². The van der Waals surface area contributed by atoms with Gasteiger partial charge in [0.1, 0.15) is 23.2 Å². The van der Waals surface area contributed by atoms with Crippen molar-refractivity contribution in [2.45, 2.75) is 30.3 Å². The van der Waals surface area contributed by atoms with Crippen molar-refractivity contribution in [2.75, 3.05) is 18.0 Å². The number of piperazine rings is 1. The zero-order chi connectivity index (χ0) is 20.0. The van der Waals surface area contributed by atoms with Crippen molar-refractivity contribution in [3.63, 3.8) is 0 Å². The van der Waals surface area contributed by atoms with Crippen LogP contribution in [0.25, 0.3) is 11.0 Å². The number of fused-ring (bicyclic) bond motifs is 3. The SMILES string of the molecule is N#Cc1ccc(C(N2C3CCC2CN(c2ncnc4[nH]ccc24)C3)[SH](=O)=O)cc1. The molecular weight excluding hydrogens is 388 g/mol. The molecule has 0 saturated carbocycles. The second-order valence-corrected chi connectivity index (χ2v) is 8.63. The average molecular weight is 408 g/mol. The molecule has 2 aliphatic rings. The maximum atomic E-state index is 12.3. The number of thiol groups is 1. The Morgan fingerprint density at radius 2 is 1.83 bits per heavy atom. The van der Waals surface area contributed by atoms with E-state index < -0.39 is 16.1 Å². The van der Waals surface area contributed by atoms with Crippen LogP contribution in [0.15, 0.2) is 42.9 Å². The summed E-state index contributed by atoms with van der Waals surface area (Å²) in [6, 6.07) is 11.2. The fourth-order valence-electron chi connectivity index (χ4n) is 4.75. The molecule has 0 aliphatic carbocycles. The van der Waals surface area contributed by atoms with Gasteiger partial charge in [-0.25, -0.2) is 18.4 Å². The fraction of sp³-hybridized carbons (Fsp3) is 0.350. The number of H-pyrrole nitrogens is 1. The largest absolute Gasteiger partial charge is 0.353 e. The molecule has 29 heavy (non-hydrogen) atoms. The molecule has 0 amide bonds. The number of nitriles is 1. The normalized spacial score (nSPS) is 22.8. The van der Waals surface area contributed by atoms with Crippen LogP contribution >= 0.6 is 0 Å². The number of hydrogen-bond acceptors (Lipinski definition) is 7. The lowest BCUT2D eigenvalue weighted by Gasteiger charge is -2.44. The third kappa shape index (κ3) is 3.05. The molecule has 148 valence electrons. The highest BCUT2D eigenvalue weighted by atomic mass is 32.2. The zero-order valence-corrected chi connectivity index (χ0v) is 16.5. The van der Waals surface area contributed by atoms with Gasteiger partial charge in [-0.2, -0.15) is 5.26 Å². The van der Waals surface area contributed by atoms with E-state index in [2.05, 4.69) is 30.8 Å². The predicted octanol–water partition coefficient (Wildman–Crippen LogP) is 1.79. The number of nitrogens with zero attached hydrogens (tertiary/aromatic N) is 5. The van der Waals surface area contributed by atoms with Gasteiger partial charge in [0.25, 0.3) is 0 Å². The van der Waals surface area contributed by atoms with E-state index in [-0.39, 0.29) is 12.1 Å². The second kappa shape index (κ2) is 7.13. The van der Waals surface area contributed by atoms with E-state index in [1.165, 1.54) is 0 Å². The van der Waals surface area contributed by atoms with Crippen LogP contribution in [0, 0.1) is 11.3 Å². The standard InChI is InChI=1S/C20H20N6O2S/c21-9-13-1-3-14(4-2-13)20(29(27)28)26-15-5-6-16(26)11-25(10-15)19-17-7-8-22-18(17)23-12-24-19/h1-4,7-8,12,15-16,20,29H,5-6,10-11H2,(H,22,23,24). The molecule has 1 N–H and O–H groups in total. The monoisotopic (exact) mass is 408 g/mol. The smallest absolute Gasteiger partial charge is 0.160 e. The van der Waals surface area contributed by atoms with E-state index in [9.17, 15) is 8.42 Å². The van der Waals surface area contributed by atoms with Crippen LogP contribution in [0.2, 0.25) is 0 Å². The van der Waals surface area contributed by atoms with Gasteiger partial charge in [-0.15, -0.1) is 0 Å². The highest BCUT2D eigenvalue weighted by Crippen LogP contribution is 2.40. The molecule has 3 aromatic rings. The summed E-state index contributed by atoms with van der Waals surface area (Å²) < 4.78 is 24.5. The van der Waals surface area contributed by atoms with Crippen LogP contribution in [-0.4, -0.2) is 53.4 Å². The van der Waals surface area contributed by atoms with Gasteiger partial charge < -0.3 is 9.88 Å². The van der Waals surface area contributed by atoms with Gasteiger partial charge in [0.15, 0.2) is 10.7 Å². The highest BCUT2D eigenvalue weighted by molar-refractivity contribution is 7.72. The molecule has 0 radical (unpaired) electrons. The summed E-state index contributed by atoms with van der Waals surface area (Å²) in [7, 11) is -2.69. The number of anilines is 1. The van der Waals surface area contributed by atoms with Crippen LogP contribution in [0.5, 0.6) is 0 Å². The van der Waals surface area contributed by atoms with Gasteiger partial charge in [-0.3, -0.25) is 4.90 Å². The van der Waals surface area contributed by atoms with Gasteiger partial charge in [-0.1, -0.05) is 12.1 Å². The maximum Gasteiger partial charge on any atom is 0.160 e. The number of hydrogen-bond donors (Lipinski definition) is 2. The molecule has 8 nitrogen and oxygen atoms in total. The Labute approximate surface area is 169 Å². The summed E-state index contributed by atoms with van der Waals surface area (Å²) >= 11 is 0. The third-order valence-electron chi connectivity index (χ3n) is 5.99. The van der Waals surface area contributed by atoms with Crippen LogP contribution < -0.4 is 4.90 Å². The molecular formula is C20H20N6O2S. The van der Waals surface area contributed by atoms with E-state index >= 15 is 0 Å². The molecule has 2 saturated heterocycles. The lowest BCUT2D eigenvalue weighted by Crippen LogP contribution is -2.55. The molecule has 2 aromatic heterocycles. The Bertz CT molecular complexity index is 1140. The molecule has 0 spiro atoms. The van der Waals surface area contributed by atoms with E-state index in [0.29, 0.717) is 5.56 Å². The summed E-state index contributed by atoms with van der Waals surface area (Å²) in [6.45, 7) is 1.45. The summed E-state index contributed by atoms with van der Waals surface area (Å²) in [5.41, 5.74) is 2.06. The lowest BCUT2D eigenvalue weighted by atomic mass is 10.1. The molecule has 3 unspecified atom stereocenters. The van der Waals surface area contributed by atoms with Crippen molar-refractivity contribution in [3.05, 3.63) is 54.0 Å². The van der Waals surface area contributed by atoms with Crippen molar-refractivity contribution in [1.29, 1.82) is 5.26 Å². The van der Waals surface area contributed by atoms with Crippen molar-refractivity contribution in [2.24, 2.45) is 0 Å². The Morgan fingerprint density at radius 1 is 1.10 bits per heavy atom. The first-order valence-electron chi connectivity index (χ1n) is 9.59. The topological polar surface area (TPSA) is 106 Å². The van der Waals surface area contributed by atoms with Crippen LogP contribution in [0.3, 0.4) is 0 Å². The fourth-order valence-corrected chi connectivity index (χ4v) is 5.76. The second-order valence-electron chi connectivity index (χ2n) is 7.57. The molecule has 2 bridgehead atoms. The van der Waals surface area contributed by atoms with Crippen LogP contribution in [0.1, 0.15) is 29.3 Å². The summed E-state index contributed by atoms with van der Waals surface area (Å²) in [5.74, 6) is 0.897. The number of nitrogens with one attached hydrogen (secondary N) is 1. The van der Waals surface area contributed by atoms with Crippen molar-refractivity contribution < 1.29 is 8.42 Å². The average Bonchev–Trinajstić information content (AvgIpc) is 3.30. The van der Waals surface area contributed by atoms with E-state index in [1.54, 1.807) is 30.6 Å². The lowest BCUT2D eigenvalue weighted by molar-refractivity contribution is 0.151. The number of aromatic nitrogens is 3. The Hall–Kier alpha value is -2.96. The summed E-state index contributed by atoms with van der Waals surface area (Å²) in [5, 5.41) is 9.33. The van der Waals surface area contributed by atoms with Gasteiger partial charge in [0.2, 0.25) is 0 Å². The Morgan fingerprint density at radius 3 is 2.48 bits per heavy atom. The minimum absolute atomic E-state index is 0.131. The molecule has 5 rings (SSSR count). The molecule has 4 heterocycles. The quantitative estimate of drug-likeness (QED) is 0.634. The van der Waals surface area contributed by atoms with Gasteiger partial charge in [-0.05, 0) is 36.6 Å². The number of benzene rings is 1. The van der Waals surface area contributed by atoms with E-state index in [0.717, 1.165) is 48.3 Å². The zero-order valence-electron chi connectivity index (χ0n) is 15.6. The third-order valence-corrected chi connectivity index (χ3v) is 6.96. The van der Waals surface area contributed by atoms with Crippen molar-refractivity contribution in [1.82, 2.24) is 19.9 Å². The maximum absolute atomic E-state index is 12.3. The van der Waals surface area contributed by atoms with Gasteiger partial charge in [0, 0.05) is 31.4 Å². The number of aromatic amines is 1. The minimum Gasteiger partial charge on any atom is -0.353 e. The predicted molar refractivity (Wildman–Crippen MR) is 109 cm³/mol. The molecule has 2 fully saturated rings. The summed E-state index contributed by atoms with van der Waals surface area (Å²) in [6.07, 6.45) is 5.34. The number of rotatable bonds is 4. The first-order valence-corrected chi connectivity index (χ1v) is 10.8. The van der Waals surface area contributed by atoms with Crippen molar-refractivity contribution in [3.8, 4) is 6.07 Å². The first kappa shape index (κ1) is 18.1. The summed E-state index contributed by atoms with van der Waals surface area (Å²) in [4.78, 5) is 16.3.